The van der Waals surface area contributed by atoms with Crippen molar-refractivity contribution in [3.8, 4) is 0 Å². The maximum absolute atomic E-state index is 12.1. The summed E-state index contributed by atoms with van der Waals surface area (Å²) in [7, 11) is -3.42. The SMILES string of the molecule is CCOCCS(=O)(=O)NC1(C(N)=S)CCC(CC)CC1. The van der Waals surface area contributed by atoms with Gasteiger partial charge in [-0.2, -0.15) is 0 Å². The lowest BCUT2D eigenvalue weighted by Gasteiger charge is -2.39. The second-order valence-corrected chi connectivity index (χ2v) is 7.70. The molecule has 7 heteroatoms. The van der Waals surface area contributed by atoms with Crippen molar-refractivity contribution < 1.29 is 13.2 Å². The standard InChI is InChI=1S/C13H26N2O3S2/c1-3-11-5-7-13(8-6-11,12(14)19)15-20(16,17)10-9-18-4-2/h11,15H,3-10H2,1-2H3,(H2,14,19). The molecule has 0 aromatic heterocycles. The van der Waals surface area contributed by atoms with Crippen molar-refractivity contribution in [3.63, 3.8) is 0 Å². The Balaban J connectivity index is 2.70. The minimum atomic E-state index is -3.42. The van der Waals surface area contributed by atoms with Crippen LogP contribution in [0.4, 0.5) is 0 Å². The van der Waals surface area contributed by atoms with E-state index in [1.165, 1.54) is 0 Å². The van der Waals surface area contributed by atoms with Crippen molar-refractivity contribution in [2.45, 2.75) is 51.5 Å². The van der Waals surface area contributed by atoms with Crippen LogP contribution in [0.2, 0.25) is 0 Å². The molecule has 1 aliphatic rings. The predicted octanol–water partition coefficient (Wildman–Crippen LogP) is 1.57. The van der Waals surface area contributed by atoms with E-state index in [0.717, 1.165) is 19.3 Å². The molecule has 5 nitrogen and oxygen atoms in total. The van der Waals surface area contributed by atoms with Crippen LogP contribution in [-0.2, 0) is 14.8 Å². The molecule has 0 bridgehead atoms. The summed E-state index contributed by atoms with van der Waals surface area (Å²) >= 11 is 5.13. The highest BCUT2D eigenvalue weighted by Gasteiger charge is 2.40. The van der Waals surface area contributed by atoms with Crippen molar-refractivity contribution in [1.29, 1.82) is 0 Å². The molecule has 0 saturated heterocycles. The Morgan fingerprint density at radius 3 is 2.45 bits per heavy atom. The maximum atomic E-state index is 12.1. The first kappa shape index (κ1) is 17.8. The minimum absolute atomic E-state index is 0.0532. The van der Waals surface area contributed by atoms with Gasteiger partial charge in [0.15, 0.2) is 0 Å². The molecule has 0 heterocycles. The molecule has 1 aliphatic carbocycles. The number of thiocarbonyl (C=S) groups is 1. The van der Waals surface area contributed by atoms with Crippen LogP contribution >= 0.6 is 12.2 Å². The zero-order valence-corrected chi connectivity index (χ0v) is 14.0. The van der Waals surface area contributed by atoms with Crippen molar-refractivity contribution >= 4 is 27.2 Å². The molecule has 0 aromatic carbocycles. The quantitative estimate of drug-likeness (QED) is 0.524. The topological polar surface area (TPSA) is 81.4 Å². The lowest BCUT2D eigenvalue weighted by atomic mass is 9.76. The number of ether oxygens (including phenoxy) is 1. The molecule has 0 aromatic rings. The highest BCUT2D eigenvalue weighted by Crippen LogP contribution is 2.34. The molecule has 20 heavy (non-hydrogen) atoms. The summed E-state index contributed by atoms with van der Waals surface area (Å²) in [6, 6.07) is 0. The van der Waals surface area contributed by atoms with Gasteiger partial charge in [0.25, 0.3) is 0 Å². The Labute approximate surface area is 127 Å². The Hall–Kier alpha value is -0.240. The van der Waals surface area contributed by atoms with E-state index < -0.39 is 15.6 Å². The number of nitrogens with two attached hydrogens (primary N) is 1. The summed E-state index contributed by atoms with van der Waals surface area (Å²) in [5.74, 6) is 0.591. The molecule has 0 spiro atoms. The van der Waals surface area contributed by atoms with E-state index in [0.29, 0.717) is 25.4 Å². The second kappa shape index (κ2) is 7.68. The molecule has 1 saturated carbocycles. The van der Waals surface area contributed by atoms with Gasteiger partial charge in [-0.05, 0) is 38.5 Å². The summed E-state index contributed by atoms with van der Waals surface area (Å²) in [5, 5.41) is 0. The number of rotatable bonds is 8. The molecule has 1 fully saturated rings. The normalized spacial score (nSPS) is 27.4. The summed E-state index contributed by atoms with van der Waals surface area (Å²) in [6.07, 6.45) is 4.41. The van der Waals surface area contributed by atoms with Gasteiger partial charge in [0.2, 0.25) is 10.0 Å². The molecule has 0 unspecified atom stereocenters. The Bertz CT molecular complexity index is 415. The monoisotopic (exact) mass is 322 g/mol. The van der Waals surface area contributed by atoms with E-state index in [1.54, 1.807) is 0 Å². The fourth-order valence-electron chi connectivity index (χ4n) is 2.64. The van der Waals surface area contributed by atoms with Gasteiger partial charge >= 0.3 is 0 Å². The van der Waals surface area contributed by atoms with Crippen LogP contribution in [0.25, 0.3) is 0 Å². The average molecular weight is 322 g/mol. The highest BCUT2D eigenvalue weighted by atomic mass is 32.2. The first-order valence-electron chi connectivity index (χ1n) is 7.24. The predicted molar refractivity (Wildman–Crippen MR) is 85.2 cm³/mol. The first-order valence-corrected chi connectivity index (χ1v) is 9.30. The van der Waals surface area contributed by atoms with Crippen LogP contribution in [0.15, 0.2) is 0 Å². The van der Waals surface area contributed by atoms with Gasteiger partial charge in [-0.25, -0.2) is 13.1 Å². The molecular formula is C13H26N2O3S2. The van der Waals surface area contributed by atoms with E-state index in [2.05, 4.69) is 11.6 Å². The van der Waals surface area contributed by atoms with Crippen LogP contribution in [-0.4, -0.2) is 37.9 Å². The lowest BCUT2D eigenvalue weighted by molar-refractivity contribution is 0.163. The third-order valence-electron chi connectivity index (χ3n) is 4.06. The van der Waals surface area contributed by atoms with Crippen molar-refractivity contribution in [2.75, 3.05) is 19.0 Å². The fraction of sp³-hybridized carbons (Fsp3) is 0.923. The number of hydrogen-bond donors (Lipinski definition) is 2. The minimum Gasteiger partial charge on any atom is -0.392 e. The zero-order valence-electron chi connectivity index (χ0n) is 12.4. The van der Waals surface area contributed by atoms with E-state index in [4.69, 9.17) is 22.7 Å². The van der Waals surface area contributed by atoms with Crippen molar-refractivity contribution in [1.82, 2.24) is 4.72 Å². The average Bonchev–Trinajstić information content (AvgIpc) is 2.39. The molecule has 0 amide bonds. The Morgan fingerprint density at radius 1 is 1.40 bits per heavy atom. The van der Waals surface area contributed by atoms with E-state index >= 15 is 0 Å². The van der Waals surface area contributed by atoms with E-state index in [-0.39, 0.29) is 17.3 Å². The molecular weight excluding hydrogens is 296 g/mol. The van der Waals surface area contributed by atoms with Gasteiger partial charge in [0.05, 0.1) is 22.9 Å². The highest BCUT2D eigenvalue weighted by molar-refractivity contribution is 7.89. The second-order valence-electron chi connectivity index (χ2n) is 5.42. The molecule has 118 valence electrons. The van der Waals surface area contributed by atoms with Gasteiger partial charge in [-0.1, -0.05) is 25.6 Å². The van der Waals surface area contributed by atoms with E-state index in [9.17, 15) is 8.42 Å². The third kappa shape index (κ3) is 4.95. The van der Waals surface area contributed by atoms with Gasteiger partial charge in [-0.15, -0.1) is 0 Å². The lowest BCUT2D eigenvalue weighted by Crippen LogP contribution is -2.58. The maximum Gasteiger partial charge on any atom is 0.214 e. The van der Waals surface area contributed by atoms with Crippen molar-refractivity contribution in [3.05, 3.63) is 0 Å². The summed E-state index contributed by atoms with van der Waals surface area (Å²) in [6.45, 7) is 4.69. The molecule has 0 aliphatic heterocycles. The smallest absolute Gasteiger partial charge is 0.214 e. The van der Waals surface area contributed by atoms with Crippen molar-refractivity contribution in [2.24, 2.45) is 11.7 Å². The first-order chi connectivity index (χ1) is 9.35. The summed E-state index contributed by atoms with van der Waals surface area (Å²) in [5.41, 5.74) is 5.08. The number of nitrogens with one attached hydrogen (secondary N) is 1. The molecule has 0 radical (unpaired) electrons. The molecule has 1 rings (SSSR count). The van der Waals surface area contributed by atoms with Crippen LogP contribution in [0, 0.1) is 5.92 Å². The summed E-state index contributed by atoms with van der Waals surface area (Å²) in [4.78, 5) is 0.257. The fourth-order valence-corrected chi connectivity index (χ4v) is 4.31. The molecule has 3 N–H and O–H groups in total. The van der Waals surface area contributed by atoms with Gasteiger partial charge < -0.3 is 10.5 Å². The summed E-state index contributed by atoms with van der Waals surface area (Å²) < 4.78 is 32.1. The van der Waals surface area contributed by atoms with E-state index in [1.807, 2.05) is 6.92 Å². The van der Waals surface area contributed by atoms with Gasteiger partial charge in [0, 0.05) is 6.61 Å². The van der Waals surface area contributed by atoms with Crippen LogP contribution in [0.5, 0.6) is 0 Å². The largest absolute Gasteiger partial charge is 0.392 e. The van der Waals surface area contributed by atoms with Crippen LogP contribution in [0.1, 0.15) is 46.0 Å². The third-order valence-corrected chi connectivity index (χ3v) is 5.86. The number of hydrogen-bond acceptors (Lipinski definition) is 4. The van der Waals surface area contributed by atoms with Crippen LogP contribution < -0.4 is 10.5 Å². The zero-order chi connectivity index (χ0) is 15.2. The molecule has 0 atom stereocenters. The Morgan fingerprint density at radius 2 is 2.00 bits per heavy atom. The van der Waals surface area contributed by atoms with Crippen LogP contribution in [0.3, 0.4) is 0 Å². The van der Waals surface area contributed by atoms with Gasteiger partial charge in [-0.3, -0.25) is 0 Å². The number of sulfonamides is 1. The van der Waals surface area contributed by atoms with Gasteiger partial charge in [0.1, 0.15) is 0 Å². The Kier molecular flexibility index (Phi) is 6.84.